The number of ether oxygens (including phenoxy) is 1. The van der Waals surface area contributed by atoms with Gasteiger partial charge in [0, 0.05) is 12.0 Å². The van der Waals surface area contributed by atoms with E-state index in [1.54, 1.807) is 14.0 Å². The Bertz CT molecular complexity index is 958. The van der Waals surface area contributed by atoms with Gasteiger partial charge in [0.25, 0.3) is 5.56 Å². The van der Waals surface area contributed by atoms with Crippen LogP contribution in [0.3, 0.4) is 0 Å². The van der Waals surface area contributed by atoms with Crippen LogP contribution in [-0.2, 0) is 6.42 Å². The molecule has 23 heavy (non-hydrogen) atoms. The average molecular weight is 330 g/mol. The standard InChI is InChI=1S/C16H14N2O4S/c1-8-12-14(19)17-11(18-15(12)23-13(8)16(20)21)7-9-5-3-4-6-10(9)22-2/h3-6H,7H2,1-2H3,(H,20,21)(H,17,18,19). The van der Waals surface area contributed by atoms with Crippen molar-refractivity contribution in [3.05, 3.63) is 56.4 Å². The number of hydrogen-bond donors (Lipinski definition) is 2. The highest BCUT2D eigenvalue weighted by atomic mass is 32.1. The van der Waals surface area contributed by atoms with Crippen molar-refractivity contribution in [1.29, 1.82) is 0 Å². The van der Waals surface area contributed by atoms with Crippen LogP contribution in [0.2, 0.25) is 0 Å². The van der Waals surface area contributed by atoms with Crippen LogP contribution < -0.4 is 10.3 Å². The number of aromatic carboxylic acids is 1. The van der Waals surface area contributed by atoms with Crippen LogP contribution in [0.25, 0.3) is 10.2 Å². The van der Waals surface area contributed by atoms with Crippen molar-refractivity contribution in [2.45, 2.75) is 13.3 Å². The van der Waals surface area contributed by atoms with E-state index >= 15 is 0 Å². The molecule has 118 valence electrons. The third-order valence-electron chi connectivity index (χ3n) is 3.59. The van der Waals surface area contributed by atoms with Gasteiger partial charge in [0.1, 0.15) is 21.3 Å². The number of benzene rings is 1. The van der Waals surface area contributed by atoms with Crippen LogP contribution in [0, 0.1) is 6.92 Å². The summed E-state index contributed by atoms with van der Waals surface area (Å²) in [5.74, 6) is 0.144. The fraction of sp³-hybridized carbons (Fsp3) is 0.188. The van der Waals surface area contributed by atoms with Gasteiger partial charge in [-0.3, -0.25) is 4.79 Å². The van der Waals surface area contributed by atoms with Crippen molar-refractivity contribution in [3.8, 4) is 5.75 Å². The number of carboxylic acids is 1. The first-order valence-electron chi connectivity index (χ1n) is 6.88. The molecule has 0 bridgehead atoms. The summed E-state index contributed by atoms with van der Waals surface area (Å²) in [4.78, 5) is 31.2. The molecule has 2 N–H and O–H groups in total. The second-order valence-electron chi connectivity index (χ2n) is 5.04. The molecule has 0 radical (unpaired) electrons. The van der Waals surface area contributed by atoms with Gasteiger partial charge in [0.05, 0.1) is 12.5 Å². The summed E-state index contributed by atoms with van der Waals surface area (Å²) in [6, 6.07) is 7.48. The van der Waals surface area contributed by atoms with Crippen LogP contribution in [-0.4, -0.2) is 28.2 Å². The first-order chi connectivity index (χ1) is 11.0. The van der Waals surface area contributed by atoms with Gasteiger partial charge < -0.3 is 14.8 Å². The third kappa shape index (κ3) is 2.70. The van der Waals surface area contributed by atoms with E-state index in [0.717, 1.165) is 16.9 Å². The summed E-state index contributed by atoms with van der Waals surface area (Å²) >= 11 is 1.02. The number of fused-ring (bicyclic) bond motifs is 1. The number of methoxy groups -OCH3 is 1. The number of para-hydroxylation sites is 1. The summed E-state index contributed by atoms with van der Waals surface area (Å²) in [7, 11) is 1.58. The van der Waals surface area contributed by atoms with Crippen LogP contribution in [0.4, 0.5) is 0 Å². The first-order valence-corrected chi connectivity index (χ1v) is 7.70. The lowest BCUT2D eigenvalue weighted by Gasteiger charge is -2.07. The number of hydrogen-bond acceptors (Lipinski definition) is 5. The minimum Gasteiger partial charge on any atom is -0.496 e. The molecule has 2 heterocycles. The quantitative estimate of drug-likeness (QED) is 0.767. The number of nitrogens with zero attached hydrogens (tertiary/aromatic N) is 1. The number of carbonyl (C=O) groups is 1. The van der Waals surface area contributed by atoms with Crippen molar-refractivity contribution in [2.24, 2.45) is 0 Å². The molecule has 0 fully saturated rings. The van der Waals surface area contributed by atoms with Crippen LogP contribution in [0.5, 0.6) is 5.75 Å². The second-order valence-corrected chi connectivity index (χ2v) is 6.04. The average Bonchev–Trinajstić information content (AvgIpc) is 2.85. The van der Waals surface area contributed by atoms with Gasteiger partial charge in [0.2, 0.25) is 0 Å². The predicted molar refractivity (Wildman–Crippen MR) is 87.7 cm³/mol. The van der Waals surface area contributed by atoms with E-state index in [9.17, 15) is 14.7 Å². The van der Waals surface area contributed by atoms with E-state index in [-0.39, 0.29) is 10.4 Å². The lowest BCUT2D eigenvalue weighted by molar-refractivity contribution is 0.0701. The van der Waals surface area contributed by atoms with E-state index in [1.807, 2.05) is 24.3 Å². The topological polar surface area (TPSA) is 92.3 Å². The van der Waals surface area contributed by atoms with Crippen molar-refractivity contribution >= 4 is 27.5 Å². The zero-order valence-corrected chi connectivity index (χ0v) is 13.4. The van der Waals surface area contributed by atoms with Crippen LogP contribution in [0.1, 0.15) is 26.6 Å². The third-order valence-corrected chi connectivity index (χ3v) is 4.77. The number of rotatable bonds is 4. The molecule has 0 spiro atoms. The van der Waals surface area contributed by atoms with E-state index in [4.69, 9.17) is 4.74 Å². The SMILES string of the molecule is COc1ccccc1Cc1nc2sc(C(=O)O)c(C)c2c(=O)[nH]1. The normalized spacial score (nSPS) is 10.9. The maximum atomic E-state index is 12.3. The lowest BCUT2D eigenvalue weighted by Crippen LogP contribution is -2.12. The van der Waals surface area contributed by atoms with Gasteiger partial charge in [-0.25, -0.2) is 9.78 Å². The Morgan fingerprint density at radius 3 is 2.83 bits per heavy atom. The number of thiophene rings is 1. The molecule has 0 aliphatic carbocycles. The number of aryl methyl sites for hydroxylation is 1. The number of aromatic nitrogens is 2. The molecule has 0 atom stereocenters. The van der Waals surface area contributed by atoms with Gasteiger partial charge in [-0.05, 0) is 18.6 Å². The monoisotopic (exact) mass is 330 g/mol. The van der Waals surface area contributed by atoms with Gasteiger partial charge in [-0.2, -0.15) is 0 Å². The molecule has 7 heteroatoms. The molecule has 0 saturated heterocycles. The van der Waals surface area contributed by atoms with E-state index in [1.165, 1.54) is 0 Å². The molecule has 0 unspecified atom stereocenters. The Morgan fingerprint density at radius 1 is 1.39 bits per heavy atom. The molecule has 2 aromatic heterocycles. The Balaban J connectivity index is 2.10. The molecule has 1 aromatic carbocycles. The summed E-state index contributed by atoms with van der Waals surface area (Å²) in [6.45, 7) is 1.62. The lowest BCUT2D eigenvalue weighted by atomic mass is 10.1. The van der Waals surface area contributed by atoms with Crippen molar-refractivity contribution in [1.82, 2.24) is 9.97 Å². The molecule has 0 aliphatic rings. The van der Waals surface area contributed by atoms with Crippen molar-refractivity contribution in [2.75, 3.05) is 7.11 Å². The zero-order chi connectivity index (χ0) is 16.6. The van der Waals surface area contributed by atoms with Crippen LogP contribution >= 0.6 is 11.3 Å². The maximum Gasteiger partial charge on any atom is 0.346 e. The highest BCUT2D eigenvalue weighted by Gasteiger charge is 2.18. The maximum absolute atomic E-state index is 12.3. The molecular formula is C16H14N2O4S. The fourth-order valence-corrected chi connectivity index (χ4v) is 3.55. The second kappa shape index (κ2) is 5.85. The molecule has 6 nitrogen and oxygen atoms in total. The van der Waals surface area contributed by atoms with Crippen molar-refractivity contribution < 1.29 is 14.6 Å². The van der Waals surface area contributed by atoms with Gasteiger partial charge in [0.15, 0.2) is 0 Å². The minimum absolute atomic E-state index is 0.146. The Labute approximate surface area is 135 Å². The van der Waals surface area contributed by atoms with E-state index < -0.39 is 5.97 Å². The number of H-pyrrole nitrogens is 1. The largest absolute Gasteiger partial charge is 0.496 e. The van der Waals surface area contributed by atoms with Crippen LogP contribution in [0.15, 0.2) is 29.1 Å². The van der Waals surface area contributed by atoms with E-state index in [0.29, 0.717) is 33.8 Å². The highest BCUT2D eigenvalue weighted by molar-refractivity contribution is 7.20. The Morgan fingerprint density at radius 2 is 2.13 bits per heavy atom. The Kier molecular flexibility index (Phi) is 3.87. The fourth-order valence-electron chi connectivity index (χ4n) is 2.51. The molecule has 0 saturated carbocycles. The molecule has 3 rings (SSSR count). The number of nitrogens with one attached hydrogen (secondary N) is 1. The molecular weight excluding hydrogens is 316 g/mol. The Hall–Kier alpha value is -2.67. The van der Waals surface area contributed by atoms with E-state index in [2.05, 4.69) is 9.97 Å². The number of carboxylic acid groups (broad SMARTS) is 1. The summed E-state index contributed by atoms with van der Waals surface area (Å²) in [6.07, 6.45) is 0.397. The smallest absolute Gasteiger partial charge is 0.346 e. The van der Waals surface area contributed by atoms with Gasteiger partial charge in [-0.15, -0.1) is 11.3 Å². The van der Waals surface area contributed by atoms with Gasteiger partial charge >= 0.3 is 5.97 Å². The molecule has 3 aromatic rings. The first kappa shape index (κ1) is 15.2. The highest BCUT2D eigenvalue weighted by Crippen LogP contribution is 2.27. The summed E-state index contributed by atoms with van der Waals surface area (Å²) in [5, 5.41) is 9.53. The zero-order valence-electron chi connectivity index (χ0n) is 12.5. The molecule has 0 aliphatic heterocycles. The number of aromatic amines is 1. The summed E-state index contributed by atoms with van der Waals surface area (Å²) in [5.41, 5.74) is 1.03. The summed E-state index contributed by atoms with van der Waals surface area (Å²) < 4.78 is 5.30. The molecule has 0 amide bonds. The van der Waals surface area contributed by atoms with Gasteiger partial charge in [-0.1, -0.05) is 18.2 Å². The van der Waals surface area contributed by atoms with Crippen molar-refractivity contribution in [3.63, 3.8) is 0 Å². The minimum atomic E-state index is -1.05. The predicted octanol–water partition coefficient (Wildman–Crippen LogP) is 2.59.